The predicted molar refractivity (Wildman–Crippen MR) is 66.0 cm³/mol. The number of carbonyl (C=O) groups is 1. The van der Waals surface area contributed by atoms with Crippen LogP contribution in [0.1, 0.15) is 31.4 Å². The minimum Gasteiger partial charge on any atom is -0.481 e. The van der Waals surface area contributed by atoms with E-state index < -0.39 is 11.4 Å². The number of anilines is 1. The number of carboxylic acids is 1. The summed E-state index contributed by atoms with van der Waals surface area (Å²) < 4.78 is 0. The van der Waals surface area contributed by atoms with E-state index in [-0.39, 0.29) is 0 Å². The Kier molecular flexibility index (Phi) is 3.47. The topological polar surface area (TPSA) is 86.0 Å². The fraction of sp³-hybridized carbons (Fsp3) is 0.462. The van der Waals surface area contributed by atoms with Gasteiger partial charge in [0.1, 0.15) is 17.6 Å². The lowest BCUT2D eigenvalue weighted by Crippen LogP contribution is -2.35. The van der Waals surface area contributed by atoms with E-state index in [1.54, 1.807) is 18.2 Å². The molecule has 1 fully saturated rings. The molecule has 0 radical (unpaired) electrons. The minimum absolute atomic E-state index is 0.329. The molecular formula is C13H15N3O2. The summed E-state index contributed by atoms with van der Waals surface area (Å²) in [6, 6.07) is 7.05. The maximum absolute atomic E-state index is 11.4. The third-order valence-corrected chi connectivity index (χ3v) is 3.49. The van der Waals surface area contributed by atoms with Crippen LogP contribution in [0.4, 0.5) is 5.82 Å². The third kappa shape index (κ3) is 2.43. The zero-order valence-electron chi connectivity index (χ0n) is 10.0. The standard InChI is InChI=1S/C13H15N3O2/c14-8-10-4-3-5-11(16-10)15-9-13(12(17)18)6-1-2-7-13/h3-5H,1-2,6-7,9H2,(H,15,16)(H,17,18). The average Bonchev–Trinajstić information content (AvgIpc) is 2.87. The molecule has 0 spiro atoms. The number of rotatable bonds is 4. The number of aromatic nitrogens is 1. The lowest BCUT2D eigenvalue weighted by atomic mass is 9.86. The minimum atomic E-state index is -0.746. The number of nitrogens with one attached hydrogen (secondary N) is 1. The molecule has 0 aliphatic heterocycles. The highest BCUT2D eigenvalue weighted by atomic mass is 16.4. The number of hydrogen-bond acceptors (Lipinski definition) is 4. The molecule has 5 heteroatoms. The van der Waals surface area contributed by atoms with E-state index in [1.807, 2.05) is 6.07 Å². The molecule has 1 aliphatic carbocycles. The SMILES string of the molecule is N#Cc1cccc(NCC2(C(=O)O)CCCC2)n1. The van der Waals surface area contributed by atoms with Crippen LogP contribution >= 0.6 is 0 Å². The molecule has 18 heavy (non-hydrogen) atoms. The smallest absolute Gasteiger partial charge is 0.311 e. The maximum atomic E-state index is 11.4. The Labute approximate surface area is 105 Å². The molecule has 1 aromatic rings. The van der Waals surface area contributed by atoms with Crippen LogP contribution in [-0.2, 0) is 4.79 Å². The van der Waals surface area contributed by atoms with Gasteiger partial charge in [0.2, 0.25) is 0 Å². The van der Waals surface area contributed by atoms with Crippen LogP contribution in [0.5, 0.6) is 0 Å². The second-order valence-corrected chi connectivity index (χ2v) is 4.67. The molecule has 0 saturated heterocycles. The third-order valence-electron chi connectivity index (χ3n) is 3.49. The van der Waals surface area contributed by atoms with Gasteiger partial charge in [0.15, 0.2) is 0 Å². The van der Waals surface area contributed by atoms with Gasteiger partial charge in [-0.3, -0.25) is 4.79 Å². The second kappa shape index (κ2) is 5.05. The van der Waals surface area contributed by atoms with Crippen LogP contribution in [0.25, 0.3) is 0 Å². The summed E-state index contributed by atoms with van der Waals surface area (Å²) in [5.74, 6) is -0.189. The quantitative estimate of drug-likeness (QED) is 0.847. The van der Waals surface area contributed by atoms with Crippen LogP contribution in [0.15, 0.2) is 18.2 Å². The molecule has 0 amide bonds. The second-order valence-electron chi connectivity index (χ2n) is 4.67. The van der Waals surface area contributed by atoms with Crippen molar-refractivity contribution in [2.24, 2.45) is 5.41 Å². The molecule has 1 aliphatic rings. The highest BCUT2D eigenvalue weighted by molar-refractivity contribution is 5.75. The Hall–Kier alpha value is -2.09. The monoisotopic (exact) mass is 245 g/mol. The van der Waals surface area contributed by atoms with Gasteiger partial charge in [0.05, 0.1) is 5.41 Å². The molecule has 1 heterocycles. The van der Waals surface area contributed by atoms with E-state index in [2.05, 4.69) is 10.3 Å². The zero-order valence-corrected chi connectivity index (χ0v) is 10.0. The number of aliphatic carboxylic acids is 1. The molecule has 1 aromatic heterocycles. The van der Waals surface area contributed by atoms with Crippen molar-refractivity contribution in [1.82, 2.24) is 4.98 Å². The molecule has 2 N–H and O–H groups in total. The first-order valence-electron chi connectivity index (χ1n) is 6.01. The van der Waals surface area contributed by atoms with Crippen molar-refractivity contribution in [3.05, 3.63) is 23.9 Å². The summed E-state index contributed by atoms with van der Waals surface area (Å²) in [6.45, 7) is 0.365. The molecule has 0 bridgehead atoms. The van der Waals surface area contributed by atoms with Crippen molar-refractivity contribution in [3.63, 3.8) is 0 Å². The van der Waals surface area contributed by atoms with Crippen molar-refractivity contribution >= 4 is 11.8 Å². The van der Waals surface area contributed by atoms with Crippen LogP contribution in [0, 0.1) is 16.7 Å². The largest absolute Gasteiger partial charge is 0.481 e. The fourth-order valence-electron chi connectivity index (χ4n) is 2.37. The van der Waals surface area contributed by atoms with E-state index >= 15 is 0 Å². The molecule has 0 unspecified atom stereocenters. The van der Waals surface area contributed by atoms with Crippen molar-refractivity contribution in [3.8, 4) is 6.07 Å². The summed E-state index contributed by atoms with van der Waals surface area (Å²) >= 11 is 0. The zero-order chi connectivity index (χ0) is 13.0. The Balaban J connectivity index is 2.06. The summed E-state index contributed by atoms with van der Waals surface area (Å²) in [7, 11) is 0. The maximum Gasteiger partial charge on any atom is 0.311 e. The van der Waals surface area contributed by atoms with E-state index in [1.165, 1.54) is 0 Å². The van der Waals surface area contributed by atoms with Crippen LogP contribution < -0.4 is 5.32 Å². The van der Waals surface area contributed by atoms with Gasteiger partial charge >= 0.3 is 5.97 Å². The summed E-state index contributed by atoms with van der Waals surface area (Å²) in [4.78, 5) is 15.4. The van der Waals surface area contributed by atoms with Crippen molar-refractivity contribution in [2.75, 3.05) is 11.9 Å². The molecular weight excluding hydrogens is 230 g/mol. The van der Waals surface area contributed by atoms with Gasteiger partial charge in [-0.2, -0.15) is 5.26 Å². The van der Waals surface area contributed by atoms with E-state index in [9.17, 15) is 9.90 Å². The van der Waals surface area contributed by atoms with Crippen molar-refractivity contribution in [2.45, 2.75) is 25.7 Å². The molecule has 94 valence electrons. The van der Waals surface area contributed by atoms with Gasteiger partial charge in [-0.1, -0.05) is 18.9 Å². The summed E-state index contributed by atoms with van der Waals surface area (Å²) in [6.07, 6.45) is 3.32. The number of hydrogen-bond donors (Lipinski definition) is 2. The van der Waals surface area contributed by atoms with Gasteiger partial charge in [-0.25, -0.2) is 4.98 Å². The lowest BCUT2D eigenvalue weighted by Gasteiger charge is -2.24. The number of pyridine rings is 1. The first-order valence-corrected chi connectivity index (χ1v) is 6.01. The molecule has 1 saturated carbocycles. The van der Waals surface area contributed by atoms with Gasteiger partial charge in [-0.15, -0.1) is 0 Å². The Morgan fingerprint density at radius 2 is 2.22 bits per heavy atom. The summed E-state index contributed by atoms with van der Waals surface area (Å²) in [5.41, 5.74) is -0.347. The number of nitriles is 1. The van der Waals surface area contributed by atoms with Crippen molar-refractivity contribution < 1.29 is 9.90 Å². The first kappa shape index (κ1) is 12.4. The first-order chi connectivity index (χ1) is 8.66. The Morgan fingerprint density at radius 1 is 1.50 bits per heavy atom. The van der Waals surface area contributed by atoms with Crippen LogP contribution in [0.3, 0.4) is 0 Å². The molecule has 2 rings (SSSR count). The van der Waals surface area contributed by atoms with Crippen molar-refractivity contribution in [1.29, 1.82) is 5.26 Å². The molecule has 0 aromatic carbocycles. The highest BCUT2D eigenvalue weighted by Gasteiger charge is 2.41. The molecule has 0 atom stereocenters. The van der Waals surface area contributed by atoms with Crippen LogP contribution in [-0.4, -0.2) is 22.6 Å². The van der Waals surface area contributed by atoms with E-state index in [4.69, 9.17) is 5.26 Å². The van der Waals surface area contributed by atoms with Gasteiger partial charge in [0, 0.05) is 6.54 Å². The average molecular weight is 245 g/mol. The Bertz CT molecular complexity index is 487. The lowest BCUT2D eigenvalue weighted by molar-refractivity contribution is -0.147. The van der Waals surface area contributed by atoms with Gasteiger partial charge in [0.25, 0.3) is 0 Å². The van der Waals surface area contributed by atoms with Gasteiger partial charge in [-0.05, 0) is 25.0 Å². The highest BCUT2D eigenvalue weighted by Crippen LogP contribution is 2.38. The summed E-state index contributed by atoms with van der Waals surface area (Å²) in [5, 5.41) is 21.1. The predicted octanol–water partition coefficient (Wildman–Crippen LogP) is 2.01. The Morgan fingerprint density at radius 3 is 2.83 bits per heavy atom. The fourth-order valence-corrected chi connectivity index (χ4v) is 2.37. The van der Waals surface area contributed by atoms with E-state index in [0.717, 1.165) is 12.8 Å². The number of nitrogens with zero attached hydrogens (tertiary/aromatic N) is 2. The number of carboxylic acid groups (broad SMARTS) is 1. The normalized spacial score (nSPS) is 17.1. The van der Waals surface area contributed by atoms with Gasteiger partial charge < -0.3 is 10.4 Å². The van der Waals surface area contributed by atoms with Crippen LogP contribution in [0.2, 0.25) is 0 Å². The molecule has 5 nitrogen and oxygen atoms in total. The van der Waals surface area contributed by atoms with E-state index in [0.29, 0.717) is 30.9 Å².